The maximum absolute atomic E-state index is 12.1. The molecule has 1 aliphatic heterocycles. The summed E-state index contributed by atoms with van der Waals surface area (Å²) in [5.74, 6) is 1.06. The summed E-state index contributed by atoms with van der Waals surface area (Å²) < 4.78 is 4.95. The number of nitrogens with zero attached hydrogens (tertiary/aromatic N) is 2. The van der Waals surface area contributed by atoms with E-state index in [1.165, 1.54) is 0 Å². The van der Waals surface area contributed by atoms with Crippen LogP contribution in [0.3, 0.4) is 0 Å². The molecule has 0 aliphatic carbocycles. The Morgan fingerprint density at radius 1 is 1.48 bits per heavy atom. The molecular formula is C17H22Cl2N4O2. The van der Waals surface area contributed by atoms with Crippen LogP contribution in [-0.2, 0) is 4.79 Å². The van der Waals surface area contributed by atoms with Crippen LogP contribution in [-0.4, -0.2) is 42.1 Å². The molecule has 1 aromatic carbocycles. The maximum atomic E-state index is 12.1. The van der Waals surface area contributed by atoms with Crippen molar-refractivity contribution in [2.45, 2.75) is 19.4 Å². The zero-order valence-electron chi connectivity index (χ0n) is 14.0. The number of nitrogens with one attached hydrogen (secondary N) is 2. The van der Waals surface area contributed by atoms with Gasteiger partial charge in [-0.1, -0.05) is 35.0 Å². The average molecular weight is 385 g/mol. The van der Waals surface area contributed by atoms with Gasteiger partial charge in [0, 0.05) is 49.7 Å². The zero-order chi connectivity index (χ0) is 16.9. The molecule has 0 bridgehead atoms. The van der Waals surface area contributed by atoms with E-state index in [9.17, 15) is 4.79 Å². The Morgan fingerprint density at radius 2 is 2.28 bits per heavy atom. The standard InChI is InChI=1S/C17H21ClN4O2.ClH/c1-12-10-16(21-24-12)20-17(23)6-8-22-9-7-19-11-15(22)13-4-2-3-5-14(13)18;/h2-5,10,15,19H,6-9,11H2,1H3,(H,20,21,23);1H. The van der Waals surface area contributed by atoms with Crippen molar-refractivity contribution in [3.63, 3.8) is 0 Å². The van der Waals surface area contributed by atoms with Crippen molar-refractivity contribution in [2.24, 2.45) is 0 Å². The summed E-state index contributed by atoms with van der Waals surface area (Å²) in [6.45, 7) is 5.07. The molecule has 0 saturated carbocycles. The van der Waals surface area contributed by atoms with Gasteiger partial charge < -0.3 is 15.2 Å². The third kappa shape index (κ3) is 5.19. The second-order valence-electron chi connectivity index (χ2n) is 5.90. The number of halogens is 2. The lowest BCUT2D eigenvalue weighted by Gasteiger charge is -2.36. The van der Waals surface area contributed by atoms with Crippen LogP contribution < -0.4 is 10.6 Å². The summed E-state index contributed by atoms with van der Waals surface area (Å²) >= 11 is 6.34. The molecule has 2 aromatic rings. The third-order valence-corrected chi connectivity index (χ3v) is 4.48. The van der Waals surface area contributed by atoms with Crippen LogP contribution in [0.15, 0.2) is 34.9 Å². The molecule has 1 aliphatic rings. The Labute approximate surface area is 158 Å². The lowest BCUT2D eigenvalue weighted by molar-refractivity contribution is -0.116. The highest BCUT2D eigenvalue weighted by molar-refractivity contribution is 6.31. The fraction of sp³-hybridized carbons (Fsp3) is 0.412. The monoisotopic (exact) mass is 384 g/mol. The van der Waals surface area contributed by atoms with Crippen molar-refractivity contribution >= 4 is 35.7 Å². The van der Waals surface area contributed by atoms with Gasteiger partial charge in [0.25, 0.3) is 0 Å². The first-order valence-corrected chi connectivity index (χ1v) is 8.43. The topological polar surface area (TPSA) is 70.4 Å². The molecule has 0 radical (unpaired) electrons. The molecule has 2 heterocycles. The molecule has 3 rings (SSSR count). The average Bonchev–Trinajstić information content (AvgIpc) is 2.99. The van der Waals surface area contributed by atoms with E-state index in [1.807, 2.05) is 24.3 Å². The first-order valence-electron chi connectivity index (χ1n) is 8.06. The van der Waals surface area contributed by atoms with Gasteiger partial charge in [0.1, 0.15) is 5.76 Å². The Balaban J connectivity index is 0.00000225. The number of amides is 1. The van der Waals surface area contributed by atoms with Gasteiger partial charge >= 0.3 is 0 Å². The summed E-state index contributed by atoms with van der Waals surface area (Å²) in [7, 11) is 0. The number of anilines is 1. The van der Waals surface area contributed by atoms with E-state index in [1.54, 1.807) is 13.0 Å². The van der Waals surface area contributed by atoms with Crippen LogP contribution in [0.2, 0.25) is 5.02 Å². The van der Waals surface area contributed by atoms with E-state index in [2.05, 4.69) is 20.7 Å². The molecule has 136 valence electrons. The fourth-order valence-corrected chi connectivity index (χ4v) is 3.20. The van der Waals surface area contributed by atoms with E-state index < -0.39 is 0 Å². The van der Waals surface area contributed by atoms with Gasteiger partial charge in [-0.3, -0.25) is 9.69 Å². The van der Waals surface area contributed by atoms with E-state index in [0.29, 0.717) is 24.5 Å². The first-order chi connectivity index (χ1) is 11.6. The van der Waals surface area contributed by atoms with Crippen molar-refractivity contribution in [2.75, 3.05) is 31.5 Å². The highest BCUT2D eigenvalue weighted by atomic mass is 35.5. The molecular weight excluding hydrogens is 363 g/mol. The number of hydrogen-bond donors (Lipinski definition) is 2. The second kappa shape index (κ2) is 9.20. The van der Waals surface area contributed by atoms with Gasteiger partial charge in [0.05, 0.1) is 0 Å². The maximum Gasteiger partial charge on any atom is 0.226 e. The normalized spacial score (nSPS) is 17.8. The lowest BCUT2D eigenvalue weighted by Crippen LogP contribution is -2.46. The van der Waals surface area contributed by atoms with Crippen molar-refractivity contribution < 1.29 is 9.32 Å². The Hall–Kier alpha value is -1.60. The van der Waals surface area contributed by atoms with Crippen LogP contribution in [0, 0.1) is 6.92 Å². The van der Waals surface area contributed by atoms with Crippen LogP contribution >= 0.6 is 24.0 Å². The van der Waals surface area contributed by atoms with Crippen LogP contribution in [0.1, 0.15) is 23.8 Å². The first kappa shape index (κ1) is 19.7. The van der Waals surface area contributed by atoms with Crippen molar-refractivity contribution in [1.29, 1.82) is 0 Å². The van der Waals surface area contributed by atoms with Crippen LogP contribution in [0.4, 0.5) is 5.82 Å². The number of benzene rings is 1. The molecule has 1 aromatic heterocycles. The van der Waals surface area contributed by atoms with Crippen molar-refractivity contribution in [3.8, 4) is 0 Å². The Bertz CT molecular complexity index is 707. The van der Waals surface area contributed by atoms with Gasteiger partial charge in [0.2, 0.25) is 5.91 Å². The van der Waals surface area contributed by atoms with E-state index in [0.717, 1.165) is 30.2 Å². The number of aryl methyl sites for hydroxylation is 1. The highest BCUT2D eigenvalue weighted by Gasteiger charge is 2.25. The van der Waals surface area contributed by atoms with E-state index >= 15 is 0 Å². The molecule has 25 heavy (non-hydrogen) atoms. The predicted octanol–water partition coefficient (Wildman–Crippen LogP) is 3.03. The highest BCUT2D eigenvalue weighted by Crippen LogP contribution is 2.28. The SMILES string of the molecule is Cc1cc(NC(=O)CCN2CCNCC2c2ccccc2Cl)no1.Cl. The van der Waals surface area contributed by atoms with Gasteiger partial charge in [-0.25, -0.2) is 0 Å². The minimum Gasteiger partial charge on any atom is -0.360 e. The zero-order valence-corrected chi connectivity index (χ0v) is 15.6. The summed E-state index contributed by atoms with van der Waals surface area (Å²) in [5, 5.41) is 10.7. The largest absolute Gasteiger partial charge is 0.360 e. The molecule has 1 amide bonds. The number of piperazine rings is 1. The van der Waals surface area contributed by atoms with Crippen molar-refractivity contribution in [3.05, 3.63) is 46.7 Å². The number of carbonyl (C=O) groups excluding carboxylic acids is 1. The molecule has 6 nitrogen and oxygen atoms in total. The molecule has 0 spiro atoms. The quantitative estimate of drug-likeness (QED) is 0.828. The van der Waals surface area contributed by atoms with Crippen molar-refractivity contribution in [1.82, 2.24) is 15.4 Å². The van der Waals surface area contributed by atoms with E-state index in [-0.39, 0.29) is 24.4 Å². The summed E-state index contributed by atoms with van der Waals surface area (Å²) in [4.78, 5) is 14.4. The third-order valence-electron chi connectivity index (χ3n) is 4.14. The number of rotatable bonds is 5. The summed E-state index contributed by atoms with van der Waals surface area (Å²) in [6.07, 6.45) is 0.396. The second-order valence-corrected chi connectivity index (χ2v) is 6.31. The lowest BCUT2D eigenvalue weighted by atomic mass is 10.0. The minimum atomic E-state index is -0.0697. The molecule has 1 saturated heterocycles. The summed E-state index contributed by atoms with van der Waals surface area (Å²) in [6, 6.07) is 9.76. The molecule has 2 N–H and O–H groups in total. The van der Waals surface area contributed by atoms with Gasteiger partial charge in [0.15, 0.2) is 5.82 Å². The smallest absolute Gasteiger partial charge is 0.226 e. The number of aromatic nitrogens is 1. The minimum absolute atomic E-state index is 0. The Morgan fingerprint density at radius 3 is 3.00 bits per heavy atom. The molecule has 8 heteroatoms. The van der Waals surface area contributed by atoms with Gasteiger partial charge in [-0.15, -0.1) is 12.4 Å². The number of carbonyl (C=O) groups is 1. The van der Waals surface area contributed by atoms with E-state index in [4.69, 9.17) is 16.1 Å². The molecule has 1 fully saturated rings. The number of hydrogen-bond acceptors (Lipinski definition) is 5. The Kier molecular flexibility index (Phi) is 7.25. The predicted molar refractivity (Wildman–Crippen MR) is 100 cm³/mol. The van der Waals surface area contributed by atoms with Gasteiger partial charge in [-0.2, -0.15) is 0 Å². The van der Waals surface area contributed by atoms with Crippen LogP contribution in [0.25, 0.3) is 0 Å². The molecule has 1 atom stereocenters. The summed E-state index contributed by atoms with van der Waals surface area (Å²) in [5.41, 5.74) is 1.10. The van der Waals surface area contributed by atoms with Gasteiger partial charge in [-0.05, 0) is 18.6 Å². The fourth-order valence-electron chi connectivity index (χ4n) is 2.94. The van der Waals surface area contributed by atoms with Crippen LogP contribution in [0.5, 0.6) is 0 Å². The molecule has 1 unspecified atom stereocenters.